The summed E-state index contributed by atoms with van der Waals surface area (Å²) in [6.45, 7) is 4.49. The first-order valence-electron chi connectivity index (χ1n) is 5.35. The zero-order chi connectivity index (χ0) is 12.4. The van der Waals surface area contributed by atoms with Gasteiger partial charge in [0.25, 0.3) is 0 Å². The molecule has 1 heterocycles. The second kappa shape index (κ2) is 5.07. The molecule has 0 saturated carbocycles. The van der Waals surface area contributed by atoms with Gasteiger partial charge in [-0.05, 0) is 31.0 Å². The molecule has 1 atom stereocenters. The smallest absolute Gasteiger partial charge is 0.100 e. The first-order valence-corrected chi connectivity index (χ1v) is 6.17. The topological polar surface area (TPSA) is 30.7 Å². The van der Waals surface area contributed by atoms with Crippen LogP contribution in [0.2, 0.25) is 5.02 Å². The minimum atomic E-state index is -0.128. The summed E-state index contributed by atoms with van der Waals surface area (Å²) in [5.74, 6) is 0. The molecule has 0 radical (unpaired) electrons. The van der Waals surface area contributed by atoms with Gasteiger partial charge in [0.05, 0.1) is 18.1 Å². The van der Waals surface area contributed by atoms with Crippen molar-refractivity contribution in [2.45, 2.75) is 25.8 Å². The second-order valence-corrected chi connectivity index (χ2v) is 5.11. The van der Waals surface area contributed by atoms with Crippen LogP contribution in [0.1, 0.15) is 29.1 Å². The summed E-state index contributed by atoms with van der Waals surface area (Å²) in [5, 5.41) is 8.64. The molecule has 2 rings (SSSR count). The van der Waals surface area contributed by atoms with E-state index in [0.717, 1.165) is 21.8 Å². The molecule has 0 N–H and O–H groups in total. The molecule has 1 aromatic heterocycles. The Bertz CT molecular complexity index is 520. The van der Waals surface area contributed by atoms with Crippen molar-refractivity contribution in [1.29, 1.82) is 0 Å². The van der Waals surface area contributed by atoms with Gasteiger partial charge in [-0.15, -0.1) is 16.7 Å². The number of nitrogens with zero attached hydrogens (tertiary/aromatic N) is 3. The zero-order valence-corrected chi connectivity index (χ0v) is 11.2. The summed E-state index contributed by atoms with van der Waals surface area (Å²) >= 11 is 12.1. The molecule has 0 amide bonds. The van der Waals surface area contributed by atoms with Crippen LogP contribution >= 0.6 is 23.2 Å². The van der Waals surface area contributed by atoms with Gasteiger partial charge in [-0.3, -0.25) is 0 Å². The van der Waals surface area contributed by atoms with Crippen molar-refractivity contribution in [3.63, 3.8) is 0 Å². The maximum absolute atomic E-state index is 6.16. The summed E-state index contributed by atoms with van der Waals surface area (Å²) < 4.78 is 1.74. The molecule has 1 unspecified atom stereocenters. The van der Waals surface area contributed by atoms with E-state index in [1.807, 2.05) is 38.2 Å². The first-order chi connectivity index (χ1) is 8.06. The summed E-state index contributed by atoms with van der Waals surface area (Å²) in [4.78, 5) is 0. The van der Waals surface area contributed by atoms with Crippen LogP contribution in [0.25, 0.3) is 0 Å². The van der Waals surface area contributed by atoms with Crippen LogP contribution in [0, 0.1) is 6.92 Å². The number of halogens is 2. The molecule has 0 fully saturated rings. The Balaban J connectivity index is 2.19. The highest BCUT2D eigenvalue weighted by Gasteiger charge is 2.08. The van der Waals surface area contributed by atoms with E-state index >= 15 is 0 Å². The van der Waals surface area contributed by atoms with Crippen LogP contribution in [-0.2, 0) is 6.54 Å². The molecule has 0 bridgehead atoms. The Kier molecular flexibility index (Phi) is 3.69. The summed E-state index contributed by atoms with van der Waals surface area (Å²) in [6, 6.07) is 5.98. The lowest BCUT2D eigenvalue weighted by molar-refractivity contribution is 0.649. The molecule has 0 spiro atoms. The lowest BCUT2D eigenvalue weighted by Gasteiger charge is -2.04. The van der Waals surface area contributed by atoms with E-state index < -0.39 is 0 Å². The van der Waals surface area contributed by atoms with Gasteiger partial charge in [0.15, 0.2) is 0 Å². The Hall–Kier alpha value is -1.06. The number of aromatic nitrogens is 3. The van der Waals surface area contributed by atoms with E-state index in [1.165, 1.54) is 0 Å². The normalized spacial score (nSPS) is 12.7. The molecule has 1 aromatic carbocycles. The van der Waals surface area contributed by atoms with E-state index in [-0.39, 0.29) is 5.38 Å². The van der Waals surface area contributed by atoms with E-state index in [0.29, 0.717) is 6.54 Å². The van der Waals surface area contributed by atoms with E-state index in [2.05, 4.69) is 10.3 Å². The highest BCUT2D eigenvalue weighted by atomic mass is 35.5. The molecule has 17 heavy (non-hydrogen) atoms. The van der Waals surface area contributed by atoms with Crippen molar-refractivity contribution in [3.8, 4) is 0 Å². The van der Waals surface area contributed by atoms with Crippen molar-refractivity contribution in [1.82, 2.24) is 15.0 Å². The number of alkyl halides is 1. The van der Waals surface area contributed by atoms with Crippen LogP contribution in [0.15, 0.2) is 24.4 Å². The summed E-state index contributed by atoms with van der Waals surface area (Å²) in [6.07, 6.45) is 1.84. The Morgan fingerprint density at radius 2 is 2.18 bits per heavy atom. The fourth-order valence-electron chi connectivity index (χ4n) is 1.53. The zero-order valence-electron chi connectivity index (χ0n) is 9.69. The minimum Gasteiger partial charge on any atom is -0.248 e. The highest BCUT2D eigenvalue weighted by molar-refractivity contribution is 6.31. The van der Waals surface area contributed by atoms with Crippen LogP contribution in [0.3, 0.4) is 0 Å². The van der Waals surface area contributed by atoms with Gasteiger partial charge in [0, 0.05) is 5.02 Å². The average Bonchev–Trinajstić information content (AvgIpc) is 2.71. The van der Waals surface area contributed by atoms with Crippen molar-refractivity contribution in [2.75, 3.05) is 0 Å². The van der Waals surface area contributed by atoms with Gasteiger partial charge in [0.1, 0.15) is 5.69 Å². The SMILES string of the molecule is Cc1ccc(Cn2cc(C(C)Cl)nn2)c(Cl)c1. The molecule has 2 aromatic rings. The van der Waals surface area contributed by atoms with E-state index in [9.17, 15) is 0 Å². The van der Waals surface area contributed by atoms with Crippen molar-refractivity contribution < 1.29 is 0 Å². The predicted molar refractivity (Wildman–Crippen MR) is 69.6 cm³/mol. The highest BCUT2D eigenvalue weighted by Crippen LogP contribution is 2.20. The van der Waals surface area contributed by atoms with Gasteiger partial charge in [-0.2, -0.15) is 0 Å². The van der Waals surface area contributed by atoms with Crippen molar-refractivity contribution in [2.24, 2.45) is 0 Å². The number of hydrogen-bond donors (Lipinski definition) is 0. The lowest BCUT2D eigenvalue weighted by atomic mass is 10.1. The van der Waals surface area contributed by atoms with Crippen LogP contribution < -0.4 is 0 Å². The molecular formula is C12H13Cl2N3. The van der Waals surface area contributed by atoms with Crippen molar-refractivity contribution in [3.05, 3.63) is 46.2 Å². The van der Waals surface area contributed by atoms with Crippen LogP contribution in [-0.4, -0.2) is 15.0 Å². The molecule has 0 aliphatic carbocycles. The predicted octanol–water partition coefficient (Wildman–Crippen LogP) is 3.59. The van der Waals surface area contributed by atoms with E-state index in [1.54, 1.807) is 4.68 Å². The fraction of sp³-hybridized carbons (Fsp3) is 0.333. The fourth-order valence-corrected chi connectivity index (χ4v) is 1.92. The maximum atomic E-state index is 6.16. The van der Waals surface area contributed by atoms with Crippen LogP contribution in [0.4, 0.5) is 0 Å². The third kappa shape index (κ3) is 2.99. The molecule has 0 aliphatic heterocycles. The first kappa shape index (κ1) is 12.4. The van der Waals surface area contributed by atoms with Gasteiger partial charge in [-0.25, -0.2) is 4.68 Å². The summed E-state index contributed by atoms with van der Waals surface area (Å²) in [5.41, 5.74) is 2.94. The standard InChI is InChI=1S/C12H13Cl2N3/c1-8-3-4-10(11(14)5-8)6-17-7-12(9(2)13)15-16-17/h3-5,7,9H,6H2,1-2H3. The molecule has 0 saturated heterocycles. The monoisotopic (exact) mass is 269 g/mol. The average molecular weight is 270 g/mol. The van der Waals surface area contributed by atoms with E-state index in [4.69, 9.17) is 23.2 Å². The van der Waals surface area contributed by atoms with Gasteiger partial charge < -0.3 is 0 Å². The quantitative estimate of drug-likeness (QED) is 0.798. The third-order valence-corrected chi connectivity index (χ3v) is 3.08. The number of rotatable bonds is 3. The number of hydrogen-bond acceptors (Lipinski definition) is 2. The minimum absolute atomic E-state index is 0.128. The van der Waals surface area contributed by atoms with Crippen LogP contribution in [0.5, 0.6) is 0 Å². The molecule has 3 nitrogen and oxygen atoms in total. The largest absolute Gasteiger partial charge is 0.248 e. The third-order valence-electron chi connectivity index (χ3n) is 2.50. The Morgan fingerprint density at radius 3 is 2.76 bits per heavy atom. The molecule has 90 valence electrons. The Labute approximate surface area is 110 Å². The second-order valence-electron chi connectivity index (χ2n) is 4.05. The van der Waals surface area contributed by atoms with Gasteiger partial charge in [0.2, 0.25) is 0 Å². The van der Waals surface area contributed by atoms with Gasteiger partial charge >= 0.3 is 0 Å². The lowest BCUT2D eigenvalue weighted by Crippen LogP contribution is -2.01. The Morgan fingerprint density at radius 1 is 1.41 bits per heavy atom. The maximum Gasteiger partial charge on any atom is 0.100 e. The number of benzene rings is 1. The van der Waals surface area contributed by atoms with Crippen molar-refractivity contribution >= 4 is 23.2 Å². The molecular weight excluding hydrogens is 257 g/mol. The summed E-state index contributed by atoms with van der Waals surface area (Å²) in [7, 11) is 0. The molecule has 5 heteroatoms. The number of aryl methyl sites for hydroxylation is 1. The molecule has 0 aliphatic rings. The van der Waals surface area contributed by atoms with Gasteiger partial charge in [-0.1, -0.05) is 28.9 Å².